The molecule has 2 aromatic carbocycles. The van der Waals surface area contributed by atoms with Crippen LogP contribution in [0.1, 0.15) is 20.9 Å². The first-order chi connectivity index (χ1) is 11.1. The van der Waals surface area contributed by atoms with Crippen LogP contribution in [-0.4, -0.2) is 10.9 Å². The first-order valence-corrected chi connectivity index (χ1v) is 8.43. The Morgan fingerprint density at radius 1 is 1.22 bits per heavy atom. The van der Waals surface area contributed by atoms with Gasteiger partial charge in [0.05, 0.1) is 10.7 Å². The number of nitrogens with one attached hydrogen (secondary N) is 1. The third kappa shape index (κ3) is 3.97. The Balaban J connectivity index is 1.63. The molecule has 0 aliphatic carbocycles. The molecule has 0 aliphatic heterocycles. The van der Waals surface area contributed by atoms with E-state index in [1.165, 1.54) is 0 Å². The normalized spacial score (nSPS) is 10.5. The lowest BCUT2D eigenvalue weighted by Gasteiger charge is -2.06. The zero-order valence-electron chi connectivity index (χ0n) is 12.5. The van der Waals surface area contributed by atoms with Gasteiger partial charge in [-0.2, -0.15) is 0 Å². The number of hydrogen-bond acceptors (Lipinski definition) is 3. The summed E-state index contributed by atoms with van der Waals surface area (Å²) in [4.78, 5) is 16.6. The van der Waals surface area contributed by atoms with E-state index < -0.39 is 0 Å². The molecule has 1 aromatic heterocycles. The van der Waals surface area contributed by atoms with Gasteiger partial charge in [-0.15, -0.1) is 11.3 Å². The highest BCUT2D eigenvalue weighted by atomic mass is 35.5. The van der Waals surface area contributed by atoms with Crippen molar-refractivity contribution in [2.24, 2.45) is 0 Å². The molecular formula is C18H15ClN2OS. The lowest BCUT2D eigenvalue weighted by molar-refractivity contribution is 0.0951. The SMILES string of the molecule is Cc1nc(-c2ccc(CNC(=O)c3cccc(Cl)c3)cc2)cs1. The molecule has 0 spiro atoms. The topological polar surface area (TPSA) is 42.0 Å². The molecule has 5 heteroatoms. The molecule has 0 saturated heterocycles. The molecule has 0 aliphatic rings. The standard InChI is InChI=1S/C18H15ClN2OS/c1-12-21-17(11-23-12)14-7-5-13(6-8-14)10-20-18(22)15-3-2-4-16(19)9-15/h2-9,11H,10H2,1H3,(H,20,22). The molecule has 3 nitrogen and oxygen atoms in total. The highest BCUT2D eigenvalue weighted by Crippen LogP contribution is 2.21. The third-order valence-corrected chi connectivity index (χ3v) is 4.42. The summed E-state index contributed by atoms with van der Waals surface area (Å²) < 4.78 is 0. The van der Waals surface area contributed by atoms with Gasteiger partial charge >= 0.3 is 0 Å². The predicted molar refractivity (Wildman–Crippen MR) is 94.9 cm³/mol. The van der Waals surface area contributed by atoms with Crippen molar-refractivity contribution in [3.05, 3.63) is 75.1 Å². The summed E-state index contributed by atoms with van der Waals surface area (Å²) in [6, 6.07) is 15.0. The molecule has 1 N–H and O–H groups in total. The van der Waals surface area contributed by atoms with E-state index >= 15 is 0 Å². The van der Waals surface area contributed by atoms with Crippen molar-refractivity contribution in [1.29, 1.82) is 0 Å². The summed E-state index contributed by atoms with van der Waals surface area (Å²) in [6.07, 6.45) is 0. The van der Waals surface area contributed by atoms with Crippen molar-refractivity contribution in [2.45, 2.75) is 13.5 Å². The number of carbonyl (C=O) groups excluding carboxylic acids is 1. The maximum atomic E-state index is 12.1. The van der Waals surface area contributed by atoms with Crippen LogP contribution in [0, 0.1) is 6.92 Å². The summed E-state index contributed by atoms with van der Waals surface area (Å²) in [5.74, 6) is -0.133. The number of aryl methyl sites for hydroxylation is 1. The van der Waals surface area contributed by atoms with Crippen molar-refractivity contribution in [3.63, 3.8) is 0 Å². The quantitative estimate of drug-likeness (QED) is 0.746. The van der Waals surface area contributed by atoms with Gasteiger partial charge < -0.3 is 5.32 Å². The van der Waals surface area contributed by atoms with Gasteiger partial charge in [0.1, 0.15) is 0 Å². The molecule has 0 saturated carbocycles. The largest absolute Gasteiger partial charge is 0.348 e. The minimum Gasteiger partial charge on any atom is -0.348 e. The number of nitrogens with zero attached hydrogens (tertiary/aromatic N) is 1. The Kier molecular flexibility index (Phi) is 4.74. The van der Waals surface area contributed by atoms with Gasteiger partial charge in [0.15, 0.2) is 0 Å². The van der Waals surface area contributed by atoms with Crippen LogP contribution in [0.2, 0.25) is 5.02 Å². The summed E-state index contributed by atoms with van der Waals surface area (Å²) >= 11 is 7.54. The highest BCUT2D eigenvalue weighted by Gasteiger charge is 2.06. The molecule has 0 radical (unpaired) electrons. The number of hydrogen-bond donors (Lipinski definition) is 1. The van der Waals surface area contributed by atoms with E-state index in [2.05, 4.69) is 10.3 Å². The number of aromatic nitrogens is 1. The number of carbonyl (C=O) groups is 1. The van der Waals surface area contributed by atoms with Crippen LogP contribution >= 0.6 is 22.9 Å². The Bertz CT molecular complexity index is 827. The zero-order valence-corrected chi connectivity index (χ0v) is 14.1. The van der Waals surface area contributed by atoms with Crippen LogP contribution in [0.3, 0.4) is 0 Å². The molecule has 3 aromatic rings. The van der Waals surface area contributed by atoms with Crippen LogP contribution in [0.15, 0.2) is 53.9 Å². The van der Waals surface area contributed by atoms with Crippen LogP contribution in [0.25, 0.3) is 11.3 Å². The molecule has 0 fully saturated rings. The Hall–Kier alpha value is -2.17. The van der Waals surface area contributed by atoms with E-state index in [0.717, 1.165) is 21.8 Å². The first-order valence-electron chi connectivity index (χ1n) is 7.17. The molecule has 1 heterocycles. The monoisotopic (exact) mass is 342 g/mol. The van der Waals surface area contributed by atoms with Crippen LogP contribution in [-0.2, 0) is 6.54 Å². The molecule has 0 unspecified atom stereocenters. The van der Waals surface area contributed by atoms with E-state index in [1.807, 2.05) is 36.6 Å². The average Bonchev–Trinajstić information content (AvgIpc) is 2.99. The van der Waals surface area contributed by atoms with Crippen molar-refractivity contribution in [3.8, 4) is 11.3 Å². The third-order valence-electron chi connectivity index (χ3n) is 3.41. The van der Waals surface area contributed by atoms with Gasteiger partial charge in [-0.25, -0.2) is 4.98 Å². The van der Waals surface area contributed by atoms with Crippen molar-refractivity contribution >= 4 is 28.8 Å². The first kappa shape index (κ1) is 15.7. The molecule has 0 atom stereocenters. The van der Waals surface area contributed by atoms with E-state index in [4.69, 9.17) is 11.6 Å². The number of halogens is 1. The Labute approximate surface area is 144 Å². The molecule has 116 valence electrons. The predicted octanol–water partition coefficient (Wildman–Crippen LogP) is 4.70. The second kappa shape index (κ2) is 6.94. The summed E-state index contributed by atoms with van der Waals surface area (Å²) in [6.45, 7) is 2.47. The minimum atomic E-state index is -0.133. The van der Waals surface area contributed by atoms with Gasteiger partial charge in [-0.3, -0.25) is 4.79 Å². The summed E-state index contributed by atoms with van der Waals surface area (Å²) in [5.41, 5.74) is 3.67. The van der Waals surface area contributed by atoms with Crippen LogP contribution < -0.4 is 5.32 Å². The summed E-state index contributed by atoms with van der Waals surface area (Å²) in [7, 11) is 0. The highest BCUT2D eigenvalue weighted by molar-refractivity contribution is 7.09. The molecule has 23 heavy (non-hydrogen) atoms. The smallest absolute Gasteiger partial charge is 0.251 e. The fourth-order valence-electron chi connectivity index (χ4n) is 2.20. The Morgan fingerprint density at radius 3 is 2.65 bits per heavy atom. The average molecular weight is 343 g/mol. The number of amides is 1. The van der Waals surface area contributed by atoms with Crippen molar-refractivity contribution in [2.75, 3.05) is 0 Å². The lowest BCUT2D eigenvalue weighted by atomic mass is 10.1. The number of thiazole rings is 1. The van der Waals surface area contributed by atoms with Gasteiger partial charge in [-0.1, -0.05) is 41.9 Å². The second-order valence-electron chi connectivity index (χ2n) is 5.14. The fraction of sp³-hybridized carbons (Fsp3) is 0.111. The minimum absolute atomic E-state index is 0.133. The zero-order chi connectivity index (χ0) is 16.2. The molecule has 0 bridgehead atoms. The van der Waals surface area contributed by atoms with E-state index in [-0.39, 0.29) is 5.91 Å². The molecule has 3 rings (SSSR count). The second-order valence-corrected chi connectivity index (χ2v) is 6.64. The van der Waals surface area contributed by atoms with Gasteiger partial charge in [0.25, 0.3) is 5.91 Å². The molecule has 1 amide bonds. The van der Waals surface area contributed by atoms with Crippen LogP contribution in [0.5, 0.6) is 0 Å². The van der Waals surface area contributed by atoms with Crippen molar-refractivity contribution < 1.29 is 4.79 Å². The summed E-state index contributed by atoms with van der Waals surface area (Å²) in [5, 5.41) is 6.55. The lowest BCUT2D eigenvalue weighted by Crippen LogP contribution is -2.22. The number of benzene rings is 2. The van der Waals surface area contributed by atoms with E-state index in [1.54, 1.807) is 35.6 Å². The fourth-order valence-corrected chi connectivity index (χ4v) is 3.02. The van der Waals surface area contributed by atoms with Gasteiger partial charge in [0.2, 0.25) is 0 Å². The number of rotatable bonds is 4. The van der Waals surface area contributed by atoms with E-state index in [0.29, 0.717) is 17.1 Å². The van der Waals surface area contributed by atoms with Crippen molar-refractivity contribution in [1.82, 2.24) is 10.3 Å². The Morgan fingerprint density at radius 2 is 2.00 bits per heavy atom. The van der Waals surface area contributed by atoms with E-state index in [9.17, 15) is 4.79 Å². The van der Waals surface area contributed by atoms with Crippen LogP contribution in [0.4, 0.5) is 0 Å². The maximum absolute atomic E-state index is 12.1. The van der Waals surface area contributed by atoms with Gasteiger partial charge in [0, 0.05) is 28.1 Å². The maximum Gasteiger partial charge on any atom is 0.251 e. The van der Waals surface area contributed by atoms with Gasteiger partial charge in [-0.05, 0) is 30.7 Å². The molecular weight excluding hydrogens is 328 g/mol.